The lowest BCUT2D eigenvalue weighted by atomic mass is 10.1. The van der Waals surface area contributed by atoms with E-state index >= 15 is 0 Å². The van der Waals surface area contributed by atoms with Crippen LogP contribution in [-0.2, 0) is 11.2 Å². The van der Waals surface area contributed by atoms with Gasteiger partial charge in [-0.2, -0.15) is 5.10 Å². The number of carbonyl (C=O) groups excluding carboxylic acids is 1. The first-order valence-corrected chi connectivity index (χ1v) is 8.49. The molecule has 3 aromatic rings. The van der Waals surface area contributed by atoms with Crippen LogP contribution >= 0.6 is 11.6 Å². The van der Waals surface area contributed by atoms with Gasteiger partial charge in [0.2, 0.25) is 5.91 Å². The Morgan fingerprint density at radius 3 is 2.52 bits per heavy atom. The molecule has 1 aromatic heterocycles. The van der Waals surface area contributed by atoms with E-state index in [9.17, 15) is 4.79 Å². The van der Waals surface area contributed by atoms with E-state index in [1.165, 1.54) is 0 Å². The highest BCUT2D eigenvalue weighted by molar-refractivity contribution is 6.30. The van der Waals surface area contributed by atoms with Crippen molar-refractivity contribution in [3.63, 3.8) is 0 Å². The Labute approximate surface area is 152 Å². The highest BCUT2D eigenvalue weighted by Gasteiger charge is 2.16. The minimum Gasteiger partial charge on any atom is -0.326 e. The SMILES string of the molecule is Cc1cccc(NC(=O)Cc2c(C)nn(-c3ccc(Cl)cc3)c2C)c1. The lowest BCUT2D eigenvalue weighted by Crippen LogP contribution is -2.15. The highest BCUT2D eigenvalue weighted by atomic mass is 35.5. The number of anilines is 1. The molecule has 1 N–H and O–H groups in total. The number of rotatable bonds is 4. The average molecular weight is 354 g/mol. The summed E-state index contributed by atoms with van der Waals surface area (Å²) in [6.45, 7) is 5.90. The van der Waals surface area contributed by atoms with Gasteiger partial charge in [0.15, 0.2) is 0 Å². The van der Waals surface area contributed by atoms with Crippen LogP contribution in [0.2, 0.25) is 5.02 Å². The third-order valence-electron chi connectivity index (χ3n) is 4.15. The third-order valence-corrected chi connectivity index (χ3v) is 4.40. The van der Waals surface area contributed by atoms with Crippen LogP contribution in [0.15, 0.2) is 48.5 Å². The van der Waals surface area contributed by atoms with E-state index in [0.717, 1.165) is 33.9 Å². The highest BCUT2D eigenvalue weighted by Crippen LogP contribution is 2.20. The van der Waals surface area contributed by atoms with Crippen molar-refractivity contribution in [3.8, 4) is 5.69 Å². The number of aryl methyl sites for hydroxylation is 2. The third kappa shape index (κ3) is 3.91. The molecule has 1 amide bonds. The molecule has 0 bridgehead atoms. The first-order valence-electron chi connectivity index (χ1n) is 8.11. The van der Waals surface area contributed by atoms with Gasteiger partial charge in [0.05, 0.1) is 17.8 Å². The van der Waals surface area contributed by atoms with Crippen molar-refractivity contribution in [1.29, 1.82) is 0 Å². The number of amides is 1. The summed E-state index contributed by atoms with van der Waals surface area (Å²) < 4.78 is 1.85. The van der Waals surface area contributed by atoms with Gasteiger partial charge in [-0.15, -0.1) is 0 Å². The fourth-order valence-electron chi connectivity index (χ4n) is 2.85. The topological polar surface area (TPSA) is 46.9 Å². The zero-order valence-electron chi connectivity index (χ0n) is 14.5. The van der Waals surface area contributed by atoms with Crippen LogP contribution in [0.4, 0.5) is 5.69 Å². The van der Waals surface area contributed by atoms with E-state index in [0.29, 0.717) is 11.4 Å². The van der Waals surface area contributed by atoms with Crippen molar-refractivity contribution in [2.45, 2.75) is 27.2 Å². The predicted octanol–water partition coefficient (Wildman–Crippen LogP) is 4.63. The van der Waals surface area contributed by atoms with E-state index in [1.807, 2.05) is 74.0 Å². The van der Waals surface area contributed by atoms with E-state index in [-0.39, 0.29) is 5.91 Å². The summed E-state index contributed by atoms with van der Waals surface area (Å²) in [5.41, 5.74) is 5.60. The van der Waals surface area contributed by atoms with Crippen LogP contribution in [0.3, 0.4) is 0 Å². The Hall–Kier alpha value is -2.59. The van der Waals surface area contributed by atoms with Gasteiger partial charge in [-0.1, -0.05) is 23.7 Å². The maximum atomic E-state index is 12.4. The van der Waals surface area contributed by atoms with E-state index in [4.69, 9.17) is 11.6 Å². The minimum absolute atomic E-state index is 0.0487. The van der Waals surface area contributed by atoms with Crippen LogP contribution < -0.4 is 5.32 Å². The average Bonchev–Trinajstić information content (AvgIpc) is 2.84. The summed E-state index contributed by atoms with van der Waals surface area (Å²) in [5, 5.41) is 8.21. The molecule has 0 saturated carbocycles. The van der Waals surface area contributed by atoms with Gasteiger partial charge >= 0.3 is 0 Å². The van der Waals surface area contributed by atoms with Crippen molar-refractivity contribution >= 4 is 23.2 Å². The first-order chi connectivity index (χ1) is 11.9. The van der Waals surface area contributed by atoms with Crippen molar-refractivity contribution in [3.05, 3.63) is 76.1 Å². The van der Waals surface area contributed by atoms with E-state index < -0.39 is 0 Å². The number of halogens is 1. The number of aromatic nitrogens is 2. The molecule has 4 nitrogen and oxygen atoms in total. The molecule has 0 fully saturated rings. The number of hydrogen-bond acceptors (Lipinski definition) is 2. The summed E-state index contributed by atoms with van der Waals surface area (Å²) in [6, 6.07) is 15.3. The molecule has 0 aliphatic rings. The van der Waals surface area contributed by atoms with E-state index in [1.54, 1.807) is 0 Å². The van der Waals surface area contributed by atoms with Gasteiger partial charge in [-0.25, -0.2) is 4.68 Å². The molecule has 0 unspecified atom stereocenters. The summed E-state index contributed by atoms with van der Waals surface area (Å²) >= 11 is 5.95. The lowest BCUT2D eigenvalue weighted by molar-refractivity contribution is -0.115. The second-order valence-electron chi connectivity index (χ2n) is 6.13. The van der Waals surface area contributed by atoms with Crippen molar-refractivity contribution in [2.24, 2.45) is 0 Å². The van der Waals surface area contributed by atoms with Crippen LogP contribution in [0.5, 0.6) is 0 Å². The Morgan fingerprint density at radius 1 is 1.12 bits per heavy atom. The standard InChI is InChI=1S/C20H20ClN3O/c1-13-5-4-6-17(11-13)22-20(25)12-19-14(2)23-24(15(19)3)18-9-7-16(21)8-10-18/h4-11H,12H2,1-3H3,(H,22,25). The van der Waals surface area contributed by atoms with Gasteiger partial charge in [-0.3, -0.25) is 4.79 Å². The molecule has 0 aliphatic heterocycles. The van der Waals surface area contributed by atoms with Gasteiger partial charge < -0.3 is 5.32 Å². The first kappa shape index (κ1) is 17.2. The molecule has 128 valence electrons. The summed E-state index contributed by atoms with van der Waals surface area (Å²) in [5.74, 6) is -0.0487. The number of nitrogens with one attached hydrogen (secondary N) is 1. The zero-order valence-corrected chi connectivity index (χ0v) is 15.3. The van der Waals surface area contributed by atoms with Crippen molar-refractivity contribution in [1.82, 2.24) is 9.78 Å². The van der Waals surface area contributed by atoms with Gasteiger partial charge in [-0.05, 0) is 62.7 Å². The second-order valence-corrected chi connectivity index (χ2v) is 6.57. The number of nitrogens with zero attached hydrogens (tertiary/aromatic N) is 2. The lowest BCUT2D eigenvalue weighted by Gasteiger charge is -2.07. The molecule has 0 saturated heterocycles. The van der Waals surface area contributed by atoms with Gasteiger partial charge in [0, 0.05) is 22.0 Å². The monoisotopic (exact) mass is 353 g/mol. The fraction of sp³-hybridized carbons (Fsp3) is 0.200. The van der Waals surface area contributed by atoms with Crippen molar-refractivity contribution in [2.75, 3.05) is 5.32 Å². The van der Waals surface area contributed by atoms with Crippen LogP contribution in [0.1, 0.15) is 22.5 Å². The summed E-state index contributed by atoms with van der Waals surface area (Å²) in [7, 11) is 0. The molecule has 2 aromatic carbocycles. The fourth-order valence-corrected chi connectivity index (χ4v) is 2.98. The normalized spacial score (nSPS) is 10.7. The molecule has 0 spiro atoms. The Bertz CT molecular complexity index is 913. The summed E-state index contributed by atoms with van der Waals surface area (Å²) in [4.78, 5) is 12.4. The molecule has 1 heterocycles. The molecular weight excluding hydrogens is 334 g/mol. The Morgan fingerprint density at radius 2 is 1.84 bits per heavy atom. The molecule has 0 radical (unpaired) electrons. The van der Waals surface area contributed by atoms with Crippen LogP contribution in [0.25, 0.3) is 5.69 Å². The maximum absolute atomic E-state index is 12.4. The number of hydrogen-bond donors (Lipinski definition) is 1. The maximum Gasteiger partial charge on any atom is 0.228 e. The predicted molar refractivity (Wildman–Crippen MR) is 102 cm³/mol. The second kappa shape index (κ2) is 7.11. The minimum atomic E-state index is -0.0487. The molecule has 3 rings (SSSR count). The van der Waals surface area contributed by atoms with Gasteiger partial charge in [0.25, 0.3) is 0 Å². The molecule has 0 atom stereocenters. The molecule has 25 heavy (non-hydrogen) atoms. The molecule has 5 heteroatoms. The van der Waals surface area contributed by atoms with Crippen LogP contribution in [0, 0.1) is 20.8 Å². The quantitative estimate of drug-likeness (QED) is 0.743. The number of benzene rings is 2. The Balaban J connectivity index is 1.81. The van der Waals surface area contributed by atoms with Crippen LogP contribution in [-0.4, -0.2) is 15.7 Å². The summed E-state index contributed by atoms with van der Waals surface area (Å²) in [6.07, 6.45) is 0.291. The molecule has 0 aliphatic carbocycles. The zero-order chi connectivity index (χ0) is 18.0. The largest absolute Gasteiger partial charge is 0.326 e. The smallest absolute Gasteiger partial charge is 0.228 e. The Kier molecular flexibility index (Phi) is 4.91. The number of carbonyl (C=O) groups is 1. The molecular formula is C20H20ClN3O. The van der Waals surface area contributed by atoms with E-state index in [2.05, 4.69) is 10.4 Å². The van der Waals surface area contributed by atoms with Crippen molar-refractivity contribution < 1.29 is 4.79 Å². The van der Waals surface area contributed by atoms with Gasteiger partial charge in [0.1, 0.15) is 0 Å².